The molecule has 3 rings (SSSR count). The smallest absolute Gasteiger partial charge is 0.231 e. The van der Waals surface area contributed by atoms with Gasteiger partial charge in [0.25, 0.3) is 0 Å². The molecule has 0 unspecified atom stereocenters. The number of hydrogen-bond acceptors (Lipinski definition) is 4. The first-order valence-corrected chi connectivity index (χ1v) is 4.54. The summed E-state index contributed by atoms with van der Waals surface area (Å²) in [6.45, 7) is 0.260. The van der Waals surface area contributed by atoms with Crippen LogP contribution >= 0.6 is 12.4 Å². The number of anilines is 1. The molecule has 1 aromatic heterocycles. The number of nitrogens with two attached hydrogens (primary N) is 1. The van der Waals surface area contributed by atoms with E-state index in [1.807, 2.05) is 18.2 Å². The molecule has 0 saturated carbocycles. The van der Waals surface area contributed by atoms with Crippen LogP contribution in [0.1, 0.15) is 0 Å². The van der Waals surface area contributed by atoms with Crippen molar-refractivity contribution in [1.29, 1.82) is 0 Å². The Morgan fingerprint density at radius 2 is 2.19 bits per heavy atom. The molecule has 84 valence electrons. The van der Waals surface area contributed by atoms with Crippen LogP contribution in [-0.4, -0.2) is 17.0 Å². The zero-order valence-electron chi connectivity index (χ0n) is 8.27. The number of aromatic amines is 1. The van der Waals surface area contributed by atoms with Crippen LogP contribution in [0.5, 0.6) is 11.5 Å². The Hall–Kier alpha value is -1.88. The van der Waals surface area contributed by atoms with Gasteiger partial charge in [-0.3, -0.25) is 5.10 Å². The Bertz CT molecular complexity index is 513. The second kappa shape index (κ2) is 3.94. The Kier molecular flexibility index (Phi) is 2.62. The highest BCUT2D eigenvalue weighted by Crippen LogP contribution is 2.40. The minimum absolute atomic E-state index is 0. The number of hydrogen-bond donors (Lipinski definition) is 2. The van der Waals surface area contributed by atoms with Crippen LogP contribution in [0.3, 0.4) is 0 Å². The maximum absolute atomic E-state index is 5.55. The highest BCUT2D eigenvalue weighted by Gasteiger charge is 2.19. The van der Waals surface area contributed by atoms with E-state index in [0.29, 0.717) is 5.82 Å². The fourth-order valence-corrected chi connectivity index (χ4v) is 1.62. The summed E-state index contributed by atoms with van der Waals surface area (Å²) in [5, 5.41) is 6.72. The maximum Gasteiger partial charge on any atom is 0.231 e. The van der Waals surface area contributed by atoms with Crippen molar-refractivity contribution in [3.63, 3.8) is 0 Å². The molecule has 0 aliphatic carbocycles. The molecule has 5 nitrogen and oxygen atoms in total. The Morgan fingerprint density at radius 3 is 2.94 bits per heavy atom. The van der Waals surface area contributed by atoms with Crippen LogP contribution in [0, 0.1) is 0 Å². The fourth-order valence-electron chi connectivity index (χ4n) is 1.62. The van der Waals surface area contributed by atoms with E-state index in [4.69, 9.17) is 15.2 Å². The molecule has 1 aliphatic rings. The van der Waals surface area contributed by atoms with E-state index in [-0.39, 0.29) is 19.2 Å². The predicted octanol–water partition coefficient (Wildman–Crippen LogP) is 1.81. The van der Waals surface area contributed by atoms with Crippen LogP contribution < -0.4 is 15.2 Å². The summed E-state index contributed by atoms with van der Waals surface area (Å²) in [7, 11) is 0. The van der Waals surface area contributed by atoms with Crippen molar-refractivity contribution in [3.8, 4) is 22.8 Å². The number of nitrogen functional groups attached to an aromatic ring is 1. The van der Waals surface area contributed by atoms with Gasteiger partial charge in [-0.2, -0.15) is 5.10 Å². The average Bonchev–Trinajstić information content (AvgIpc) is 2.84. The van der Waals surface area contributed by atoms with Crippen LogP contribution in [0.2, 0.25) is 0 Å². The van der Waals surface area contributed by atoms with E-state index in [1.165, 1.54) is 0 Å². The summed E-state index contributed by atoms with van der Waals surface area (Å²) in [5.41, 5.74) is 7.29. The van der Waals surface area contributed by atoms with Crippen molar-refractivity contribution in [1.82, 2.24) is 10.2 Å². The molecule has 2 heterocycles. The fraction of sp³-hybridized carbons (Fsp3) is 0.100. The molecule has 0 atom stereocenters. The first kappa shape index (κ1) is 10.6. The average molecular weight is 240 g/mol. The molecule has 0 saturated heterocycles. The monoisotopic (exact) mass is 239 g/mol. The summed E-state index contributed by atoms with van der Waals surface area (Å²) in [6.07, 6.45) is 0. The van der Waals surface area contributed by atoms with E-state index in [2.05, 4.69) is 10.2 Å². The van der Waals surface area contributed by atoms with Crippen LogP contribution in [0.15, 0.2) is 24.3 Å². The van der Waals surface area contributed by atoms with Gasteiger partial charge in [0.2, 0.25) is 6.79 Å². The van der Waals surface area contributed by atoms with Crippen molar-refractivity contribution >= 4 is 18.2 Å². The predicted molar refractivity (Wildman–Crippen MR) is 61.8 cm³/mol. The van der Waals surface area contributed by atoms with Gasteiger partial charge in [0.1, 0.15) is 5.82 Å². The van der Waals surface area contributed by atoms with Crippen molar-refractivity contribution in [2.45, 2.75) is 0 Å². The quantitative estimate of drug-likeness (QED) is 0.796. The number of nitrogens with zero attached hydrogens (tertiary/aromatic N) is 1. The normalized spacial score (nSPS) is 12.2. The third-order valence-electron chi connectivity index (χ3n) is 2.28. The summed E-state index contributed by atoms with van der Waals surface area (Å²) >= 11 is 0. The SMILES string of the molecule is Cl.Nc1cc(-c2cccc3c2OCO3)[nH]n1. The summed E-state index contributed by atoms with van der Waals surface area (Å²) in [5.74, 6) is 1.95. The van der Waals surface area contributed by atoms with Crippen molar-refractivity contribution in [2.24, 2.45) is 0 Å². The van der Waals surface area contributed by atoms with Crippen molar-refractivity contribution in [2.75, 3.05) is 12.5 Å². The van der Waals surface area contributed by atoms with E-state index in [9.17, 15) is 0 Å². The number of benzene rings is 1. The number of rotatable bonds is 1. The topological polar surface area (TPSA) is 73.2 Å². The summed E-state index contributed by atoms with van der Waals surface area (Å²) < 4.78 is 10.7. The lowest BCUT2D eigenvalue weighted by Crippen LogP contribution is -1.93. The van der Waals surface area contributed by atoms with Crippen molar-refractivity contribution in [3.05, 3.63) is 24.3 Å². The van der Waals surface area contributed by atoms with E-state index >= 15 is 0 Å². The number of para-hydroxylation sites is 1. The molecule has 0 amide bonds. The van der Waals surface area contributed by atoms with Crippen LogP contribution in [0.25, 0.3) is 11.3 Å². The molecule has 0 fully saturated rings. The maximum atomic E-state index is 5.55. The highest BCUT2D eigenvalue weighted by atomic mass is 35.5. The lowest BCUT2D eigenvalue weighted by molar-refractivity contribution is 0.174. The second-order valence-corrected chi connectivity index (χ2v) is 3.25. The molecule has 0 radical (unpaired) electrons. The molecular weight excluding hydrogens is 230 g/mol. The molecule has 6 heteroatoms. The van der Waals surface area contributed by atoms with E-state index in [0.717, 1.165) is 22.8 Å². The van der Waals surface area contributed by atoms with Gasteiger partial charge >= 0.3 is 0 Å². The third-order valence-corrected chi connectivity index (χ3v) is 2.28. The van der Waals surface area contributed by atoms with Gasteiger partial charge in [0, 0.05) is 11.6 Å². The zero-order chi connectivity index (χ0) is 10.3. The highest BCUT2D eigenvalue weighted by molar-refractivity contribution is 5.85. The molecule has 1 aliphatic heterocycles. The molecule has 16 heavy (non-hydrogen) atoms. The Balaban J connectivity index is 0.000000963. The third kappa shape index (κ3) is 1.55. The minimum atomic E-state index is 0. The first-order chi connectivity index (χ1) is 7.34. The van der Waals surface area contributed by atoms with Gasteiger partial charge in [-0.15, -0.1) is 12.4 Å². The molecule has 0 spiro atoms. The molecule has 0 bridgehead atoms. The molecule has 3 N–H and O–H groups in total. The lowest BCUT2D eigenvalue weighted by Gasteiger charge is -2.01. The minimum Gasteiger partial charge on any atom is -0.454 e. The second-order valence-electron chi connectivity index (χ2n) is 3.25. The molecular formula is C10H10ClN3O2. The number of fused-ring (bicyclic) bond motifs is 1. The van der Waals surface area contributed by atoms with Crippen molar-refractivity contribution < 1.29 is 9.47 Å². The standard InChI is InChI=1S/C10H9N3O2.ClH/c11-9-4-7(12-13-9)6-2-1-3-8-10(6)15-5-14-8;/h1-4H,5H2,(H3,11,12,13);1H. The molecule has 1 aromatic carbocycles. The number of H-pyrrole nitrogens is 1. The van der Waals surface area contributed by atoms with E-state index in [1.54, 1.807) is 6.07 Å². The summed E-state index contributed by atoms with van der Waals surface area (Å²) in [4.78, 5) is 0. The van der Waals surface area contributed by atoms with Gasteiger partial charge in [-0.1, -0.05) is 6.07 Å². The van der Waals surface area contributed by atoms with Gasteiger partial charge in [0.15, 0.2) is 11.5 Å². The van der Waals surface area contributed by atoms with Gasteiger partial charge in [-0.05, 0) is 12.1 Å². The Morgan fingerprint density at radius 1 is 1.31 bits per heavy atom. The summed E-state index contributed by atoms with van der Waals surface area (Å²) in [6, 6.07) is 7.46. The zero-order valence-corrected chi connectivity index (χ0v) is 9.08. The lowest BCUT2D eigenvalue weighted by atomic mass is 10.1. The number of aromatic nitrogens is 2. The van der Waals surface area contributed by atoms with Gasteiger partial charge < -0.3 is 15.2 Å². The Labute approximate surface area is 98.0 Å². The van der Waals surface area contributed by atoms with Gasteiger partial charge in [-0.25, -0.2) is 0 Å². The van der Waals surface area contributed by atoms with Gasteiger partial charge in [0.05, 0.1) is 5.69 Å². The number of ether oxygens (including phenoxy) is 2. The molecule has 2 aromatic rings. The van der Waals surface area contributed by atoms with E-state index < -0.39 is 0 Å². The number of nitrogens with one attached hydrogen (secondary N) is 1. The largest absolute Gasteiger partial charge is 0.454 e. The van der Waals surface area contributed by atoms with Crippen LogP contribution in [-0.2, 0) is 0 Å². The number of halogens is 1. The van der Waals surface area contributed by atoms with Crippen LogP contribution in [0.4, 0.5) is 5.82 Å². The first-order valence-electron chi connectivity index (χ1n) is 4.54.